The van der Waals surface area contributed by atoms with Crippen LogP contribution in [0.15, 0.2) is 23.2 Å². The Bertz CT molecular complexity index is 569. The van der Waals surface area contributed by atoms with Crippen LogP contribution in [0.5, 0.6) is 0 Å². The maximum Gasteiger partial charge on any atom is 0.328 e. The van der Waals surface area contributed by atoms with Crippen molar-refractivity contribution in [3.8, 4) is 0 Å². The summed E-state index contributed by atoms with van der Waals surface area (Å²) in [5.74, 6) is -5.90. The smallest absolute Gasteiger partial charge is 0.328 e. The predicted molar refractivity (Wildman–Crippen MR) is 72.3 cm³/mol. The Balaban J connectivity index is 3.02. The third-order valence-electron chi connectivity index (χ3n) is 2.45. The van der Waals surface area contributed by atoms with Crippen LogP contribution in [0.4, 0.5) is 13.2 Å². The Labute approximate surface area is 127 Å². The molecule has 0 aliphatic carbocycles. The lowest BCUT2D eigenvalue weighted by Gasteiger charge is -2.16. The van der Waals surface area contributed by atoms with E-state index in [1.54, 1.807) is 0 Å². The molecule has 1 rings (SSSR count). The van der Waals surface area contributed by atoms with Gasteiger partial charge in [-0.05, 0) is 4.48 Å². The van der Waals surface area contributed by atoms with Gasteiger partial charge in [-0.1, -0.05) is 22.5 Å². The number of benzene rings is 1. The number of rotatable bonds is 5. The third kappa shape index (κ3) is 4.59. The number of esters is 1. The van der Waals surface area contributed by atoms with Gasteiger partial charge in [0.05, 0.1) is 7.11 Å². The molecule has 0 saturated carbocycles. The zero-order chi connectivity index (χ0) is 16.2. The van der Waals surface area contributed by atoms with Crippen molar-refractivity contribution in [3.63, 3.8) is 0 Å². The predicted octanol–water partition coefficient (Wildman–Crippen LogP) is 2.67. The Morgan fingerprint density at radius 3 is 2.29 bits per heavy atom. The van der Waals surface area contributed by atoms with Gasteiger partial charge in [0.25, 0.3) is 5.91 Å². The third-order valence-corrected chi connectivity index (χ3v) is 2.77. The first-order valence-corrected chi connectivity index (χ1v) is 6.42. The largest absolute Gasteiger partial charge is 0.467 e. The van der Waals surface area contributed by atoms with Crippen LogP contribution >= 0.6 is 15.9 Å². The lowest BCUT2D eigenvalue weighted by molar-refractivity contribution is -0.142. The number of ether oxygens (including phenoxy) is 1. The van der Waals surface area contributed by atoms with E-state index in [-0.39, 0.29) is 6.42 Å². The second-order valence-electron chi connectivity index (χ2n) is 4.02. The van der Waals surface area contributed by atoms with E-state index in [1.807, 2.05) is 0 Å². The van der Waals surface area contributed by atoms with E-state index < -0.39 is 40.9 Å². The summed E-state index contributed by atoms with van der Waals surface area (Å²) in [5, 5.41) is 2.11. The van der Waals surface area contributed by atoms with Crippen molar-refractivity contribution in [2.24, 2.45) is 0 Å². The lowest BCUT2D eigenvalue weighted by atomic mass is 10.1. The van der Waals surface area contributed by atoms with Crippen molar-refractivity contribution in [2.45, 2.75) is 12.5 Å². The molecule has 1 N–H and O–H groups in total. The topological polar surface area (TPSA) is 55.4 Å². The van der Waals surface area contributed by atoms with E-state index in [0.717, 1.165) is 7.11 Å². The first kappa shape index (κ1) is 17.2. The molecular weight excluding hydrogens is 355 g/mol. The number of carbonyl (C=O) groups excluding carboxylic acids is 2. The fraction of sp³-hybridized carbons (Fsp3) is 0.231. The SMILES string of the molecule is C=C(Br)C[C@H](NC(=O)c1c(F)cc(F)cc1F)C(=O)OC. The molecule has 1 amide bonds. The minimum atomic E-state index is -1.37. The van der Waals surface area contributed by atoms with Crippen LogP contribution in [0, 0.1) is 17.5 Å². The van der Waals surface area contributed by atoms with Crippen LogP contribution in [0.2, 0.25) is 0 Å². The number of halogens is 4. The highest BCUT2D eigenvalue weighted by molar-refractivity contribution is 9.11. The highest BCUT2D eigenvalue weighted by Gasteiger charge is 2.26. The number of hydrogen-bond acceptors (Lipinski definition) is 3. The Kier molecular flexibility index (Phi) is 5.95. The van der Waals surface area contributed by atoms with Crippen molar-refractivity contribution < 1.29 is 27.5 Å². The van der Waals surface area contributed by atoms with Crippen LogP contribution < -0.4 is 5.32 Å². The van der Waals surface area contributed by atoms with E-state index in [9.17, 15) is 22.8 Å². The summed E-state index contributed by atoms with van der Waals surface area (Å²) in [6, 6.07) is -0.443. The average molecular weight is 366 g/mol. The van der Waals surface area contributed by atoms with E-state index >= 15 is 0 Å². The molecule has 0 unspecified atom stereocenters. The molecule has 0 saturated heterocycles. The minimum Gasteiger partial charge on any atom is -0.467 e. The highest BCUT2D eigenvalue weighted by atomic mass is 79.9. The Morgan fingerprint density at radius 2 is 1.86 bits per heavy atom. The fourth-order valence-electron chi connectivity index (χ4n) is 1.55. The van der Waals surface area contributed by atoms with Crippen LogP contribution in [-0.2, 0) is 9.53 Å². The normalized spacial score (nSPS) is 11.7. The van der Waals surface area contributed by atoms with E-state index in [4.69, 9.17) is 0 Å². The van der Waals surface area contributed by atoms with Crippen LogP contribution in [0.1, 0.15) is 16.8 Å². The highest BCUT2D eigenvalue weighted by Crippen LogP contribution is 2.16. The quantitative estimate of drug-likeness (QED) is 0.816. The van der Waals surface area contributed by atoms with Gasteiger partial charge in [0.1, 0.15) is 29.1 Å². The van der Waals surface area contributed by atoms with Crippen molar-refractivity contribution in [1.29, 1.82) is 0 Å². The minimum absolute atomic E-state index is 0.0388. The fourth-order valence-corrected chi connectivity index (χ4v) is 1.87. The average Bonchev–Trinajstić information content (AvgIpc) is 2.35. The van der Waals surface area contributed by atoms with Crippen molar-refractivity contribution in [3.05, 3.63) is 46.2 Å². The number of hydrogen-bond donors (Lipinski definition) is 1. The molecular formula is C13H11BrF3NO3. The maximum atomic E-state index is 13.5. The number of carbonyl (C=O) groups is 2. The second kappa shape index (κ2) is 7.26. The van der Waals surface area contributed by atoms with Gasteiger partial charge in [0.15, 0.2) is 0 Å². The summed E-state index contributed by atoms with van der Waals surface area (Å²) >= 11 is 3.01. The molecule has 1 aromatic rings. The Hall–Kier alpha value is -1.83. The van der Waals surface area contributed by atoms with Gasteiger partial charge in [-0.15, -0.1) is 0 Å². The van der Waals surface area contributed by atoms with Gasteiger partial charge in [-0.25, -0.2) is 18.0 Å². The lowest BCUT2D eigenvalue weighted by Crippen LogP contribution is -2.42. The van der Waals surface area contributed by atoms with E-state index in [1.165, 1.54) is 0 Å². The van der Waals surface area contributed by atoms with Crippen molar-refractivity contribution >= 4 is 27.8 Å². The van der Waals surface area contributed by atoms with Crippen LogP contribution in [0.3, 0.4) is 0 Å². The van der Waals surface area contributed by atoms with E-state index in [0.29, 0.717) is 16.6 Å². The molecule has 8 heteroatoms. The monoisotopic (exact) mass is 365 g/mol. The molecule has 0 aromatic heterocycles. The molecule has 0 fully saturated rings. The Morgan fingerprint density at radius 1 is 1.33 bits per heavy atom. The molecule has 1 aromatic carbocycles. The number of methoxy groups -OCH3 is 1. The van der Waals surface area contributed by atoms with Gasteiger partial charge in [-0.3, -0.25) is 4.79 Å². The number of nitrogens with one attached hydrogen (secondary N) is 1. The molecule has 0 aliphatic heterocycles. The second-order valence-corrected chi connectivity index (χ2v) is 5.14. The van der Waals surface area contributed by atoms with E-state index in [2.05, 4.69) is 32.6 Å². The first-order valence-electron chi connectivity index (χ1n) is 5.62. The van der Waals surface area contributed by atoms with Gasteiger partial charge in [0.2, 0.25) is 0 Å². The zero-order valence-electron chi connectivity index (χ0n) is 10.9. The van der Waals surface area contributed by atoms with Crippen molar-refractivity contribution in [2.75, 3.05) is 7.11 Å². The number of amides is 1. The zero-order valence-corrected chi connectivity index (χ0v) is 12.5. The summed E-state index contributed by atoms with van der Waals surface area (Å²) in [4.78, 5) is 23.3. The van der Waals surface area contributed by atoms with Gasteiger partial charge in [-0.2, -0.15) is 0 Å². The van der Waals surface area contributed by atoms with Crippen LogP contribution in [0.25, 0.3) is 0 Å². The van der Waals surface area contributed by atoms with Gasteiger partial charge in [0, 0.05) is 18.6 Å². The molecule has 0 heterocycles. The maximum absolute atomic E-state index is 13.5. The molecule has 0 bridgehead atoms. The summed E-state index contributed by atoms with van der Waals surface area (Å²) < 4.78 is 44.6. The molecule has 1 atom stereocenters. The first-order chi connectivity index (χ1) is 9.76. The molecule has 4 nitrogen and oxygen atoms in total. The molecule has 0 spiro atoms. The van der Waals surface area contributed by atoms with Crippen LogP contribution in [-0.4, -0.2) is 25.0 Å². The summed E-state index contributed by atoms with van der Waals surface area (Å²) in [6.07, 6.45) is -0.0388. The molecule has 21 heavy (non-hydrogen) atoms. The molecule has 0 aliphatic rings. The summed E-state index contributed by atoms with van der Waals surface area (Å²) in [5.41, 5.74) is -0.981. The summed E-state index contributed by atoms with van der Waals surface area (Å²) in [6.45, 7) is 3.50. The molecule has 0 radical (unpaired) electrons. The molecule has 114 valence electrons. The summed E-state index contributed by atoms with van der Waals surface area (Å²) in [7, 11) is 1.09. The van der Waals surface area contributed by atoms with Gasteiger partial charge < -0.3 is 10.1 Å². The van der Waals surface area contributed by atoms with Gasteiger partial charge >= 0.3 is 5.97 Å². The standard InChI is InChI=1S/C13H11BrF3NO3/c1-6(14)3-10(13(20)21-2)18-12(19)11-8(16)4-7(15)5-9(11)17/h4-5,10H,1,3H2,2H3,(H,18,19)/t10-/m0/s1. The van der Waals surface area contributed by atoms with Crippen molar-refractivity contribution in [1.82, 2.24) is 5.32 Å².